The van der Waals surface area contributed by atoms with Crippen molar-refractivity contribution in [1.29, 1.82) is 0 Å². The number of ether oxygens (including phenoxy) is 1. The summed E-state index contributed by atoms with van der Waals surface area (Å²) in [5.41, 5.74) is 1.98. The van der Waals surface area contributed by atoms with Crippen LogP contribution >= 0.6 is 0 Å². The van der Waals surface area contributed by atoms with Gasteiger partial charge in [0.1, 0.15) is 11.6 Å². The number of methoxy groups -OCH3 is 1. The summed E-state index contributed by atoms with van der Waals surface area (Å²) in [6.07, 6.45) is 1.25. The van der Waals surface area contributed by atoms with Gasteiger partial charge in [0.25, 0.3) is 0 Å². The first-order chi connectivity index (χ1) is 13.0. The molecule has 0 fully saturated rings. The predicted octanol–water partition coefficient (Wildman–Crippen LogP) is 2.58. The molecule has 5 nitrogen and oxygen atoms in total. The molecular weight excluding hydrogens is 347 g/mol. The normalized spacial score (nSPS) is 10.3. The smallest absolute Gasteiger partial charge is 0.239 e. The monoisotopic (exact) mass is 372 g/mol. The second-order valence-corrected chi connectivity index (χ2v) is 6.27. The Morgan fingerprint density at radius 1 is 1.07 bits per heavy atom. The maximum Gasteiger partial charge on any atom is 0.239 e. The topological polar surface area (TPSA) is 58.6 Å². The summed E-state index contributed by atoms with van der Waals surface area (Å²) in [7, 11) is 1.61. The van der Waals surface area contributed by atoms with Gasteiger partial charge in [-0.1, -0.05) is 24.3 Å². The summed E-state index contributed by atoms with van der Waals surface area (Å²) in [4.78, 5) is 25.5. The van der Waals surface area contributed by atoms with Crippen LogP contribution in [0.5, 0.6) is 5.75 Å². The Bertz CT molecular complexity index is 762. The minimum absolute atomic E-state index is 0.0166. The van der Waals surface area contributed by atoms with E-state index in [0.29, 0.717) is 25.9 Å². The van der Waals surface area contributed by atoms with E-state index in [1.807, 2.05) is 24.3 Å². The third kappa shape index (κ3) is 7.09. The van der Waals surface area contributed by atoms with E-state index < -0.39 is 0 Å². The van der Waals surface area contributed by atoms with Gasteiger partial charge < -0.3 is 15.0 Å². The molecule has 0 saturated heterocycles. The Kier molecular flexibility index (Phi) is 7.79. The molecule has 0 saturated carbocycles. The lowest BCUT2D eigenvalue weighted by Gasteiger charge is -2.20. The molecule has 6 heteroatoms. The molecule has 0 spiro atoms. The molecule has 0 radical (unpaired) electrons. The molecule has 0 heterocycles. The van der Waals surface area contributed by atoms with E-state index in [0.717, 1.165) is 16.9 Å². The fourth-order valence-electron chi connectivity index (χ4n) is 2.67. The van der Waals surface area contributed by atoms with Crippen LogP contribution < -0.4 is 10.1 Å². The zero-order valence-corrected chi connectivity index (χ0v) is 15.7. The molecule has 0 aliphatic rings. The molecular formula is C21H25FN2O3. The lowest BCUT2D eigenvalue weighted by molar-refractivity contribution is -0.134. The molecule has 0 bridgehead atoms. The average molecular weight is 372 g/mol. The molecule has 0 unspecified atom stereocenters. The van der Waals surface area contributed by atoms with Crippen LogP contribution in [-0.2, 0) is 22.4 Å². The number of amides is 2. The van der Waals surface area contributed by atoms with E-state index in [2.05, 4.69) is 5.32 Å². The van der Waals surface area contributed by atoms with E-state index >= 15 is 0 Å². The van der Waals surface area contributed by atoms with E-state index in [1.165, 1.54) is 24.0 Å². The van der Waals surface area contributed by atoms with Crippen molar-refractivity contribution in [3.63, 3.8) is 0 Å². The zero-order valence-electron chi connectivity index (χ0n) is 15.7. The van der Waals surface area contributed by atoms with Gasteiger partial charge in [-0.05, 0) is 48.2 Å². The third-order valence-corrected chi connectivity index (χ3v) is 4.23. The largest absolute Gasteiger partial charge is 0.497 e. The Labute approximate surface area is 159 Å². The number of benzene rings is 2. The fourth-order valence-corrected chi connectivity index (χ4v) is 2.67. The van der Waals surface area contributed by atoms with Crippen molar-refractivity contribution >= 4 is 11.8 Å². The average Bonchev–Trinajstić information content (AvgIpc) is 2.66. The number of halogens is 1. The highest BCUT2D eigenvalue weighted by molar-refractivity contribution is 5.83. The number of nitrogens with one attached hydrogen (secondary N) is 1. The maximum absolute atomic E-state index is 12.9. The summed E-state index contributed by atoms with van der Waals surface area (Å²) < 4.78 is 18.1. The Hall–Kier alpha value is -2.89. The second-order valence-electron chi connectivity index (χ2n) is 6.27. The van der Waals surface area contributed by atoms with Gasteiger partial charge in [-0.15, -0.1) is 0 Å². The van der Waals surface area contributed by atoms with Crippen molar-refractivity contribution in [2.45, 2.75) is 19.8 Å². The van der Waals surface area contributed by atoms with Gasteiger partial charge in [0.05, 0.1) is 13.7 Å². The number of rotatable bonds is 9. The molecule has 0 aliphatic carbocycles. The van der Waals surface area contributed by atoms with Crippen LogP contribution in [0.3, 0.4) is 0 Å². The van der Waals surface area contributed by atoms with E-state index in [9.17, 15) is 14.0 Å². The first-order valence-corrected chi connectivity index (χ1v) is 8.87. The second kappa shape index (κ2) is 10.3. The molecule has 2 rings (SSSR count). The minimum atomic E-state index is -0.282. The van der Waals surface area contributed by atoms with Gasteiger partial charge in [0.15, 0.2) is 0 Å². The lowest BCUT2D eigenvalue weighted by atomic mass is 10.1. The van der Waals surface area contributed by atoms with Crippen LogP contribution in [0.1, 0.15) is 18.1 Å². The highest BCUT2D eigenvalue weighted by Crippen LogP contribution is 2.13. The van der Waals surface area contributed by atoms with Gasteiger partial charge in [-0.3, -0.25) is 9.59 Å². The number of hydrogen-bond acceptors (Lipinski definition) is 3. The van der Waals surface area contributed by atoms with Crippen LogP contribution in [-0.4, -0.2) is 43.5 Å². The molecule has 2 aromatic carbocycles. The van der Waals surface area contributed by atoms with E-state index in [-0.39, 0.29) is 24.2 Å². The van der Waals surface area contributed by atoms with Gasteiger partial charge in [-0.25, -0.2) is 4.39 Å². The summed E-state index contributed by atoms with van der Waals surface area (Å²) in [5.74, 6) is 0.126. The number of nitrogens with zero attached hydrogens (tertiary/aromatic N) is 1. The first-order valence-electron chi connectivity index (χ1n) is 8.87. The highest BCUT2D eigenvalue weighted by Gasteiger charge is 2.13. The number of hydrogen-bond donors (Lipinski definition) is 1. The van der Waals surface area contributed by atoms with Crippen molar-refractivity contribution in [2.24, 2.45) is 0 Å². The molecule has 1 N–H and O–H groups in total. The van der Waals surface area contributed by atoms with Crippen LogP contribution in [0.25, 0.3) is 0 Å². The standard InChI is InChI=1S/C21H25FN2O3/c1-16(25)24(13-11-18-4-3-5-20(14-18)27-2)15-21(26)23-12-10-17-6-8-19(22)9-7-17/h3-9,14H,10-13,15H2,1-2H3,(H,23,26). The Morgan fingerprint density at radius 2 is 1.81 bits per heavy atom. The van der Waals surface area contributed by atoms with E-state index in [1.54, 1.807) is 19.2 Å². The molecule has 2 aromatic rings. The van der Waals surface area contributed by atoms with Crippen molar-refractivity contribution in [1.82, 2.24) is 10.2 Å². The van der Waals surface area contributed by atoms with Gasteiger partial charge in [-0.2, -0.15) is 0 Å². The van der Waals surface area contributed by atoms with Crippen molar-refractivity contribution in [3.8, 4) is 5.75 Å². The molecule has 0 aromatic heterocycles. The summed E-state index contributed by atoms with van der Waals surface area (Å²) in [6.45, 7) is 2.36. The van der Waals surface area contributed by atoms with Crippen LogP contribution in [0.2, 0.25) is 0 Å². The lowest BCUT2D eigenvalue weighted by Crippen LogP contribution is -2.41. The fraction of sp³-hybridized carbons (Fsp3) is 0.333. The van der Waals surface area contributed by atoms with Gasteiger partial charge >= 0.3 is 0 Å². The molecule has 0 aliphatic heterocycles. The zero-order chi connectivity index (χ0) is 19.6. The summed E-state index contributed by atoms with van der Waals surface area (Å²) in [6, 6.07) is 13.8. The van der Waals surface area contributed by atoms with E-state index in [4.69, 9.17) is 4.74 Å². The Balaban J connectivity index is 1.79. The molecule has 27 heavy (non-hydrogen) atoms. The van der Waals surface area contributed by atoms with Crippen LogP contribution in [0, 0.1) is 5.82 Å². The predicted molar refractivity (Wildman–Crippen MR) is 102 cm³/mol. The maximum atomic E-state index is 12.9. The SMILES string of the molecule is COc1cccc(CCN(CC(=O)NCCc2ccc(F)cc2)C(C)=O)c1. The highest BCUT2D eigenvalue weighted by atomic mass is 19.1. The van der Waals surface area contributed by atoms with Crippen LogP contribution in [0.4, 0.5) is 4.39 Å². The van der Waals surface area contributed by atoms with Crippen molar-refractivity contribution in [3.05, 3.63) is 65.5 Å². The molecule has 144 valence electrons. The number of carbonyl (C=O) groups is 2. The van der Waals surface area contributed by atoms with Crippen molar-refractivity contribution in [2.75, 3.05) is 26.7 Å². The molecule has 0 atom stereocenters. The summed E-state index contributed by atoms with van der Waals surface area (Å²) >= 11 is 0. The van der Waals surface area contributed by atoms with Crippen molar-refractivity contribution < 1.29 is 18.7 Å². The number of carbonyl (C=O) groups excluding carboxylic acids is 2. The first kappa shape index (κ1) is 20.4. The summed E-state index contributed by atoms with van der Waals surface area (Å²) in [5, 5.41) is 2.80. The molecule has 2 amide bonds. The van der Waals surface area contributed by atoms with Gasteiger partial charge in [0.2, 0.25) is 11.8 Å². The quantitative estimate of drug-likeness (QED) is 0.736. The Morgan fingerprint density at radius 3 is 2.48 bits per heavy atom. The third-order valence-electron chi connectivity index (χ3n) is 4.23. The minimum Gasteiger partial charge on any atom is -0.497 e. The van der Waals surface area contributed by atoms with Gasteiger partial charge in [0, 0.05) is 20.0 Å². The van der Waals surface area contributed by atoms with Crippen LogP contribution in [0.15, 0.2) is 48.5 Å².